The first kappa shape index (κ1) is 12.9. The van der Waals surface area contributed by atoms with Crippen molar-refractivity contribution in [3.8, 4) is 0 Å². The Balaban J connectivity index is 1.67. The topological polar surface area (TPSA) is 67.1 Å². The van der Waals surface area contributed by atoms with Gasteiger partial charge in [0.2, 0.25) is 0 Å². The number of rotatable bonds is 6. The van der Waals surface area contributed by atoms with Gasteiger partial charge >= 0.3 is 5.97 Å². The van der Waals surface area contributed by atoms with Gasteiger partial charge in [0.15, 0.2) is 0 Å². The summed E-state index contributed by atoms with van der Waals surface area (Å²) >= 11 is 0. The molecule has 0 saturated heterocycles. The molecular weight excluding hydrogens is 254 g/mol. The Morgan fingerprint density at radius 3 is 2.75 bits per heavy atom. The summed E-state index contributed by atoms with van der Waals surface area (Å²) in [4.78, 5) is 15.2. The van der Waals surface area contributed by atoms with E-state index in [0.29, 0.717) is 18.2 Å². The average Bonchev–Trinajstić information content (AvgIpc) is 3.18. The number of carboxylic acids is 1. The lowest BCUT2D eigenvalue weighted by atomic mass is 10.1. The number of hydrogen-bond donors (Lipinski definition) is 2. The number of nitrogens with one attached hydrogen (secondary N) is 1. The molecule has 1 fully saturated rings. The van der Waals surface area contributed by atoms with Crippen LogP contribution in [0.15, 0.2) is 36.7 Å². The van der Waals surface area contributed by atoms with Crippen molar-refractivity contribution in [1.29, 1.82) is 0 Å². The van der Waals surface area contributed by atoms with E-state index in [1.807, 2.05) is 18.3 Å². The van der Waals surface area contributed by atoms with Gasteiger partial charge in [-0.2, -0.15) is 0 Å². The zero-order valence-electron chi connectivity index (χ0n) is 11.1. The third-order valence-electron chi connectivity index (χ3n) is 3.48. The van der Waals surface area contributed by atoms with Crippen LogP contribution in [-0.4, -0.2) is 26.7 Å². The van der Waals surface area contributed by atoms with E-state index in [-0.39, 0.29) is 0 Å². The van der Waals surface area contributed by atoms with Crippen LogP contribution in [0.5, 0.6) is 0 Å². The fraction of sp³-hybridized carbons (Fsp3) is 0.333. The van der Waals surface area contributed by atoms with Crippen molar-refractivity contribution in [2.24, 2.45) is 0 Å². The van der Waals surface area contributed by atoms with E-state index in [1.54, 1.807) is 18.3 Å². The van der Waals surface area contributed by atoms with Crippen molar-refractivity contribution in [3.05, 3.63) is 53.6 Å². The van der Waals surface area contributed by atoms with Crippen LogP contribution >= 0.6 is 0 Å². The standard InChI is InChI=1S/C15H17N3O2/c19-15(20)12-3-1-11(2-4-12)10-18-8-7-16-14(18)9-17-13-5-6-13/h1-4,7-8,13,17H,5-6,9-10H2,(H,19,20). The normalized spacial score (nSPS) is 14.4. The van der Waals surface area contributed by atoms with Crippen molar-refractivity contribution in [1.82, 2.24) is 14.9 Å². The molecule has 1 aliphatic rings. The summed E-state index contributed by atoms with van der Waals surface area (Å²) in [6.45, 7) is 1.49. The number of carbonyl (C=O) groups is 1. The predicted octanol–water partition coefficient (Wildman–Crippen LogP) is 1.88. The molecule has 5 nitrogen and oxygen atoms in total. The molecule has 1 heterocycles. The second-order valence-corrected chi connectivity index (χ2v) is 5.13. The first-order chi connectivity index (χ1) is 9.72. The van der Waals surface area contributed by atoms with Crippen LogP contribution in [0.1, 0.15) is 34.6 Å². The van der Waals surface area contributed by atoms with Crippen LogP contribution in [0.4, 0.5) is 0 Å². The summed E-state index contributed by atoms with van der Waals surface area (Å²) in [5.41, 5.74) is 1.38. The summed E-state index contributed by atoms with van der Waals surface area (Å²) < 4.78 is 2.09. The van der Waals surface area contributed by atoms with Crippen molar-refractivity contribution >= 4 is 5.97 Å². The lowest BCUT2D eigenvalue weighted by Gasteiger charge is -2.09. The van der Waals surface area contributed by atoms with Crippen LogP contribution in [0, 0.1) is 0 Å². The summed E-state index contributed by atoms with van der Waals surface area (Å²) in [6.07, 6.45) is 6.28. The third-order valence-corrected chi connectivity index (χ3v) is 3.48. The van der Waals surface area contributed by atoms with Crippen LogP contribution < -0.4 is 5.32 Å². The number of imidazole rings is 1. The highest BCUT2D eigenvalue weighted by Gasteiger charge is 2.20. The maximum Gasteiger partial charge on any atom is 0.335 e. The first-order valence-electron chi connectivity index (χ1n) is 6.78. The van der Waals surface area contributed by atoms with E-state index >= 15 is 0 Å². The van der Waals surface area contributed by atoms with Gasteiger partial charge in [0, 0.05) is 25.0 Å². The monoisotopic (exact) mass is 271 g/mol. The number of carboxylic acid groups (broad SMARTS) is 1. The Labute approximate surface area is 117 Å². The molecule has 1 aliphatic carbocycles. The van der Waals surface area contributed by atoms with Gasteiger partial charge in [0.1, 0.15) is 5.82 Å². The van der Waals surface area contributed by atoms with Crippen molar-refractivity contribution < 1.29 is 9.90 Å². The SMILES string of the molecule is O=C(O)c1ccc(Cn2ccnc2CNC2CC2)cc1. The molecule has 0 radical (unpaired) electrons. The number of nitrogens with zero attached hydrogens (tertiary/aromatic N) is 2. The Morgan fingerprint density at radius 1 is 1.35 bits per heavy atom. The Kier molecular flexibility index (Phi) is 3.52. The zero-order valence-corrected chi connectivity index (χ0v) is 11.1. The number of hydrogen-bond acceptors (Lipinski definition) is 3. The summed E-state index contributed by atoms with van der Waals surface area (Å²) in [5.74, 6) is 0.118. The predicted molar refractivity (Wildman–Crippen MR) is 74.6 cm³/mol. The number of benzene rings is 1. The molecule has 1 aromatic carbocycles. The van der Waals surface area contributed by atoms with Crippen LogP contribution in [0.25, 0.3) is 0 Å². The molecule has 0 unspecified atom stereocenters. The van der Waals surface area contributed by atoms with Crippen LogP contribution in [0.3, 0.4) is 0 Å². The minimum atomic E-state index is -0.895. The highest BCUT2D eigenvalue weighted by atomic mass is 16.4. The molecular formula is C15H17N3O2. The molecule has 3 rings (SSSR count). The fourth-order valence-corrected chi connectivity index (χ4v) is 2.12. The van der Waals surface area contributed by atoms with E-state index in [9.17, 15) is 4.79 Å². The molecule has 0 atom stereocenters. The summed E-state index contributed by atoms with van der Waals surface area (Å²) in [6, 6.07) is 7.63. The van der Waals surface area contributed by atoms with Crippen molar-refractivity contribution in [2.75, 3.05) is 0 Å². The van der Waals surface area contributed by atoms with E-state index in [0.717, 1.165) is 17.9 Å². The van der Waals surface area contributed by atoms with E-state index in [4.69, 9.17) is 5.11 Å². The van der Waals surface area contributed by atoms with Gasteiger partial charge in [0.05, 0.1) is 12.1 Å². The fourth-order valence-electron chi connectivity index (χ4n) is 2.12. The highest BCUT2D eigenvalue weighted by Crippen LogP contribution is 2.19. The van der Waals surface area contributed by atoms with E-state index in [2.05, 4.69) is 14.9 Å². The van der Waals surface area contributed by atoms with Crippen LogP contribution in [0.2, 0.25) is 0 Å². The second-order valence-electron chi connectivity index (χ2n) is 5.13. The number of aromatic nitrogens is 2. The van der Waals surface area contributed by atoms with E-state index < -0.39 is 5.97 Å². The zero-order chi connectivity index (χ0) is 13.9. The average molecular weight is 271 g/mol. The van der Waals surface area contributed by atoms with Gasteiger partial charge in [-0.25, -0.2) is 9.78 Å². The van der Waals surface area contributed by atoms with Crippen molar-refractivity contribution in [2.45, 2.75) is 32.0 Å². The lowest BCUT2D eigenvalue weighted by molar-refractivity contribution is 0.0697. The van der Waals surface area contributed by atoms with Gasteiger partial charge in [-0.1, -0.05) is 12.1 Å². The molecule has 0 aliphatic heterocycles. The third kappa shape index (κ3) is 3.05. The van der Waals surface area contributed by atoms with Gasteiger partial charge < -0.3 is 15.0 Å². The quantitative estimate of drug-likeness (QED) is 0.842. The molecule has 1 aromatic heterocycles. The molecule has 5 heteroatoms. The minimum absolute atomic E-state index is 0.315. The first-order valence-corrected chi connectivity index (χ1v) is 6.78. The van der Waals surface area contributed by atoms with Gasteiger partial charge in [0.25, 0.3) is 0 Å². The lowest BCUT2D eigenvalue weighted by Crippen LogP contribution is -2.19. The minimum Gasteiger partial charge on any atom is -0.478 e. The van der Waals surface area contributed by atoms with Gasteiger partial charge in [-0.3, -0.25) is 0 Å². The smallest absolute Gasteiger partial charge is 0.335 e. The highest BCUT2D eigenvalue weighted by molar-refractivity contribution is 5.87. The van der Waals surface area contributed by atoms with Gasteiger partial charge in [-0.15, -0.1) is 0 Å². The van der Waals surface area contributed by atoms with Crippen LogP contribution in [-0.2, 0) is 13.1 Å². The maximum atomic E-state index is 10.8. The molecule has 2 aromatic rings. The molecule has 20 heavy (non-hydrogen) atoms. The molecule has 2 N–H and O–H groups in total. The Hall–Kier alpha value is -2.14. The largest absolute Gasteiger partial charge is 0.478 e. The molecule has 104 valence electrons. The second kappa shape index (κ2) is 5.46. The van der Waals surface area contributed by atoms with E-state index in [1.165, 1.54) is 12.8 Å². The molecule has 0 bridgehead atoms. The Morgan fingerprint density at radius 2 is 2.10 bits per heavy atom. The van der Waals surface area contributed by atoms with Gasteiger partial charge in [-0.05, 0) is 30.5 Å². The molecule has 0 spiro atoms. The maximum absolute atomic E-state index is 10.8. The van der Waals surface area contributed by atoms with Crippen molar-refractivity contribution in [3.63, 3.8) is 0 Å². The summed E-state index contributed by atoms with van der Waals surface area (Å²) in [7, 11) is 0. The Bertz CT molecular complexity index is 600. The molecule has 0 amide bonds. The summed E-state index contributed by atoms with van der Waals surface area (Å²) in [5, 5.41) is 12.3. The molecule has 1 saturated carbocycles. The number of aromatic carboxylic acids is 1.